The number of aliphatic imine (C=N–C) groups is 1. The fourth-order valence-electron chi connectivity index (χ4n) is 3.97. The molecule has 3 aromatic rings. The van der Waals surface area contributed by atoms with Crippen LogP contribution in [0.15, 0.2) is 65.8 Å². The number of nitrogens with zero attached hydrogens (tertiary/aromatic N) is 3. The molecular formula is C23H27N5O. The molecule has 0 bridgehead atoms. The minimum Gasteiger partial charge on any atom is -0.383 e. The minimum atomic E-state index is -0.863. The van der Waals surface area contributed by atoms with Gasteiger partial charge in [-0.05, 0) is 29.5 Å². The molecule has 0 saturated carbocycles. The molecule has 0 saturated heterocycles. The fourth-order valence-corrected chi connectivity index (χ4v) is 3.97. The standard InChI is InChI=1S/C23H27N5O/c1-24-22(26-16-23(29)13-12-17-8-6-7-11-19(17)23)28(2)15-21-25-14-20(27-21)18-9-4-3-5-10-18/h3-11,14,29H,12-13,15-16H2,1-2H3,(H,24,26)(H,25,27). The molecule has 0 amide bonds. The fraction of sp³-hybridized carbons (Fsp3) is 0.304. The predicted molar refractivity (Wildman–Crippen MR) is 116 cm³/mol. The number of benzene rings is 2. The van der Waals surface area contributed by atoms with Gasteiger partial charge in [0, 0.05) is 14.1 Å². The maximum atomic E-state index is 11.1. The van der Waals surface area contributed by atoms with Gasteiger partial charge in [0.05, 0.1) is 25.0 Å². The molecule has 29 heavy (non-hydrogen) atoms. The van der Waals surface area contributed by atoms with Crippen molar-refractivity contribution < 1.29 is 5.11 Å². The summed E-state index contributed by atoms with van der Waals surface area (Å²) in [4.78, 5) is 14.2. The number of fused-ring (bicyclic) bond motifs is 1. The van der Waals surface area contributed by atoms with E-state index in [0.717, 1.165) is 41.4 Å². The summed E-state index contributed by atoms with van der Waals surface area (Å²) in [7, 11) is 3.72. The Morgan fingerprint density at radius 3 is 2.76 bits per heavy atom. The summed E-state index contributed by atoms with van der Waals surface area (Å²) in [6, 6.07) is 18.3. The molecule has 1 aliphatic carbocycles. The third-order valence-electron chi connectivity index (χ3n) is 5.54. The van der Waals surface area contributed by atoms with E-state index in [2.05, 4.69) is 38.5 Å². The molecule has 1 aliphatic rings. The highest BCUT2D eigenvalue weighted by atomic mass is 16.3. The van der Waals surface area contributed by atoms with Gasteiger partial charge >= 0.3 is 0 Å². The number of H-pyrrole nitrogens is 1. The van der Waals surface area contributed by atoms with Gasteiger partial charge in [0.1, 0.15) is 11.4 Å². The maximum absolute atomic E-state index is 11.1. The Bertz CT molecular complexity index is 997. The number of rotatable bonds is 5. The van der Waals surface area contributed by atoms with Gasteiger partial charge in [0.2, 0.25) is 0 Å². The summed E-state index contributed by atoms with van der Waals surface area (Å²) in [5.41, 5.74) is 3.49. The molecule has 0 aliphatic heterocycles. The van der Waals surface area contributed by atoms with E-state index < -0.39 is 5.60 Å². The molecule has 0 fully saturated rings. The van der Waals surface area contributed by atoms with Crippen molar-refractivity contribution in [1.29, 1.82) is 0 Å². The van der Waals surface area contributed by atoms with Crippen molar-refractivity contribution >= 4 is 5.96 Å². The molecule has 1 unspecified atom stereocenters. The van der Waals surface area contributed by atoms with Crippen molar-refractivity contribution in [3.63, 3.8) is 0 Å². The summed E-state index contributed by atoms with van der Waals surface area (Å²) in [6.07, 6.45) is 3.48. The van der Waals surface area contributed by atoms with E-state index >= 15 is 0 Å². The molecule has 0 radical (unpaired) electrons. The van der Waals surface area contributed by atoms with Gasteiger partial charge in [-0.3, -0.25) is 4.99 Å². The lowest BCUT2D eigenvalue weighted by Gasteiger charge is -2.28. The van der Waals surface area contributed by atoms with E-state index in [1.807, 2.05) is 54.5 Å². The Kier molecular flexibility index (Phi) is 5.36. The molecule has 6 heteroatoms. The molecule has 4 rings (SSSR count). The van der Waals surface area contributed by atoms with E-state index in [4.69, 9.17) is 0 Å². The van der Waals surface area contributed by atoms with Crippen molar-refractivity contribution in [3.8, 4) is 11.3 Å². The van der Waals surface area contributed by atoms with Gasteiger partial charge in [0.25, 0.3) is 0 Å². The third kappa shape index (κ3) is 4.03. The lowest BCUT2D eigenvalue weighted by atomic mass is 9.96. The van der Waals surface area contributed by atoms with Gasteiger partial charge < -0.3 is 20.3 Å². The van der Waals surface area contributed by atoms with Crippen molar-refractivity contribution in [2.75, 3.05) is 20.6 Å². The lowest BCUT2D eigenvalue weighted by Crippen LogP contribution is -2.45. The number of aromatic nitrogens is 2. The zero-order chi connectivity index (χ0) is 20.3. The summed E-state index contributed by atoms with van der Waals surface area (Å²) in [5.74, 6) is 1.58. The second-order valence-corrected chi connectivity index (χ2v) is 7.56. The van der Waals surface area contributed by atoms with Crippen molar-refractivity contribution in [1.82, 2.24) is 20.2 Å². The average Bonchev–Trinajstić information content (AvgIpc) is 3.35. The van der Waals surface area contributed by atoms with Crippen LogP contribution in [0.4, 0.5) is 0 Å². The Morgan fingerprint density at radius 1 is 1.21 bits per heavy atom. The second-order valence-electron chi connectivity index (χ2n) is 7.56. The van der Waals surface area contributed by atoms with E-state index in [-0.39, 0.29) is 0 Å². The van der Waals surface area contributed by atoms with Crippen molar-refractivity contribution in [2.24, 2.45) is 4.99 Å². The summed E-state index contributed by atoms with van der Waals surface area (Å²) < 4.78 is 0. The highest BCUT2D eigenvalue weighted by Crippen LogP contribution is 2.36. The van der Waals surface area contributed by atoms with Crippen LogP contribution in [-0.4, -0.2) is 46.6 Å². The number of nitrogens with one attached hydrogen (secondary N) is 2. The average molecular weight is 390 g/mol. The van der Waals surface area contributed by atoms with Gasteiger partial charge in [-0.1, -0.05) is 54.6 Å². The second kappa shape index (κ2) is 8.09. The van der Waals surface area contributed by atoms with Gasteiger partial charge in [-0.15, -0.1) is 0 Å². The van der Waals surface area contributed by atoms with Crippen LogP contribution in [0, 0.1) is 0 Å². The van der Waals surface area contributed by atoms with E-state index in [1.165, 1.54) is 5.56 Å². The predicted octanol–water partition coefficient (Wildman–Crippen LogP) is 2.92. The number of hydrogen-bond donors (Lipinski definition) is 3. The first kappa shape index (κ1) is 19.2. The van der Waals surface area contributed by atoms with Crippen LogP contribution >= 0.6 is 0 Å². The monoisotopic (exact) mass is 389 g/mol. The van der Waals surface area contributed by atoms with Gasteiger partial charge in [-0.2, -0.15) is 0 Å². The van der Waals surface area contributed by atoms with Gasteiger partial charge in [-0.25, -0.2) is 4.98 Å². The van der Waals surface area contributed by atoms with Crippen LogP contribution in [0.25, 0.3) is 11.3 Å². The first-order chi connectivity index (χ1) is 14.1. The molecule has 1 atom stereocenters. The van der Waals surface area contributed by atoms with Crippen LogP contribution in [0.5, 0.6) is 0 Å². The van der Waals surface area contributed by atoms with Crippen LogP contribution in [0.3, 0.4) is 0 Å². The zero-order valence-electron chi connectivity index (χ0n) is 16.9. The Labute approximate surface area is 171 Å². The number of aliphatic hydroxyl groups is 1. The summed E-state index contributed by atoms with van der Waals surface area (Å²) in [5, 5.41) is 14.5. The molecule has 1 heterocycles. The van der Waals surface area contributed by atoms with Gasteiger partial charge in [0.15, 0.2) is 5.96 Å². The van der Waals surface area contributed by atoms with E-state index in [1.54, 1.807) is 7.05 Å². The van der Waals surface area contributed by atoms with E-state index in [0.29, 0.717) is 13.1 Å². The summed E-state index contributed by atoms with van der Waals surface area (Å²) in [6.45, 7) is 1.01. The van der Waals surface area contributed by atoms with E-state index in [9.17, 15) is 5.11 Å². The molecule has 6 nitrogen and oxygen atoms in total. The quantitative estimate of drug-likeness (QED) is 0.463. The first-order valence-electron chi connectivity index (χ1n) is 9.91. The Morgan fingerprint density at radius 2 is 1.97 bits per heavy atom. The first-order valence-corrected chi connectivity index (χ1v) is 9.91. The largest absolute Gasteiger partial charge is 0.383 e. The smallest absolute Gasteiger partial charge is 0.193 e. The number of guanidine groups is 1. The topological polar surface area (TPSA) is 76.5 Å². The van der Waals surface area contributed by atoms with Crippen molar-refractivity contribution in [2.45, 2.75) is 25.0 Å². The van der Waals surface area contributed by atoms with Crippen molar-refractivity contribution in [3.05, 3.63) is 77.7 Å². The zero-order valence-corrected chi connectivity index (χ0v) is 16.9. The number of hydrogen-bond acceptors (Lipinski definition) is 3. The Hall–Kier alpha value is -3.12. The molecule has 1 aromatic heterocycles. The molecular weight excluding hydrogens is 362 g/mol. The van der Waals surface area contributed by atoms with Crippen LogP contribution in [0.1, 0.15) is 23.4 Å². The van der Waals surface area contributed by atoms with Crippen LogP contribution in [0.2, 0.25) is 0 Å². The molecule has 0 spiro atoms. The number of imidazole rings is 1. The normalized spacial score (nSPS) is 18.5. The molecule has 150 valence electrons. The SMILES string of the molecule is CN=C(NCC1(O)CCc2ccccc21)N(C)Cc1ncc(-c2ccccc2)[nH]1. The van der Waals surface area contributed by atoms with Crippen LogP contribution in [-0.2, 0) is 18.6 Å². The summed E-state index contributed by atoms with van der Waals surface area (Å²) >= 11 is 0. The minimum absolute atomic E-state index is 0.425. The molecule has 3 N–H and O–H groups in total. The molecule has 2 aromatic carbocycles. The maximum Gasteiger partial charge on any atom is 0.193 e. The third-order valence-corrected chi connectivity index (χ3v) is 5.54. The number of aryl methyl sites for hydroxylation is 1. The van der Waals surface area contributed by atoms with Crippen LogP contribution < -0.4 is 5.32 Å². The highest BCUT2D eigenvalue weighted by molar-refractivity contribution is 5.79. The highest BCUT2D eigenvalue weighted by Gasteiger charge is 2.36. The lowest BCUT2D eigenvalue weighted by molar-refractivity contribution is 0.0426. The number of aromatic amines is 1. The Balaban J connectivity index is 1.39.